The number of carbonyl (C=O) groups is 1. The number of carbonyl (C=O) groups excluding carboxylic acids is 1. The number of phenolic OH excluding ortho intramolecular Hbond substituents is 1. The van der Waals surface area contributed by atoms with Gasteiger partial charge in [-0.1, -0.05) is 42.5 Å². The highest BCUT2D eigenvalue weighted by molar-refractivity contribution is 6.11. The summed E-state index contributed by atoms with van der Waals surface area (Å²) in [7, 11) is 0. The number of para-hydroxylation sites is 1. The van der Waals surface area contributed by atoms with Crippen LogP contribution in [0.25, 0.3) is 10.8 Å². The average Bonchev–Trinajstić information content (AvgIpc) is 2.79. The molecule has 1 fully saturated rings. The van der Waals surface area contributed by atoms with E-state index in [-0.39, 0.29) is 11.3 Å². The number of nitriles is 1. The van der Waals surface area contributed by atoms with E-state index in [1.54, 1.807) is 36.5 Å². The van der Waals surface area contributed by atoms with Gasteiger partial charge in [-0.25, -0.2) is 0 Å². The van der Waals surface area contributed by atoms with Gasteiger partial charge in [0, 0.05) is 54.5 Å². The zero-order valence-corrected chi connectivity index (χ0v) is 16.5. The summed E-state index contributed by atoms with van der Waals surface area (Å²) in [6.45, 7) is 3.11. The molecular formula is C24H22N4O2. The van der Waals surface area contributed by atoms with Crippen LogP contribution in [0.3, 0.4) is 0 Å². The van der Waals surface area contributed by atoms with Crippen molar-refractivity contribution >= 4 is 28.1 Å². The number of amides is 1. The summed E-state index contributed by atoms with van der Waals surface area (Å²) >= 11 is 0. The van der Waals surface area contributed by atoms with E-state index < -0.39 is 5.91 Å². The Kier molecular flexibility index (Phi) is 5.53. The molecule has 30 heavy (non-hydrogen) atoms. The summed E-state index contributed by atoms with van der Waals surface area (Å²) < 4.78 is 0. The quantitative estimate of drug-likeness (QED) is 0.517. The first-order valence-corrected chi connectivity index (χ1v) is 9.84. The molecule has 0 saturated carbocycles. The van der Waals surface area contributed by atoms with E-state index in [1.165, 1.54) is 5.69 Å². The minimum Gasteiger partial charge on any atom is -0.507 e. The van der Waals surface area contributed by atoms with Crippen LogP contribution in [0.15, 0.2) is 78.5 Å². The third-order valence-electron chi connectivity index (χ3n) is 5.26. The molecule has 0 aromatic heterocycles. The van der Waals surface area contributed by atoms with Crippen molar-refractivity contribution in [2.45, 2.75) is 0 Å². The molecule has 0 aliphatic carbocycles. The molecule has 2 N–H and O–H groups in total. The number of nitrogens with zero attached hydrogens (tertiary/aromatic N) is 3. The number of phenols is 1. The second-order valence-corrected chi connectivity index (χ2v) is 7.15. The van der Waals surface area contributed by atoms with E-state index in [1.807, 2.05) is 35.2 Å². The number of rotatable bonds is 4. The van der Waals surface area contributed by atoms with E-state index in [4.69, 9.17) is 0 Å². The summed E-state index contributed by atoms with van der Waals surface area (Å²) in [5.74, 6) is -0.310. The first kappa shape index (κ1) is 19.3. The second kappa shape index (κ2) is 8.58. The molecule has 6 nitrogen and oxygen atoms in total. The van der Waals surface area contributed by atoms with Gasteiger partial charge in [-0.3, -0.25) is 4.79 Å². The van der Waals surface area contributed by atoms with Crippen LogP contribution >= 0.6 is 0 Å². The molecule has 1 aliphatic heterocycles. The first-order valence-electron chi connectivity index (χ1n) is 9.84. The number of nitrogens with one attached hydrogen (secondary N) is 1. The molecule has 150 valence electrons. The van der Waals surface area contributed by atoms with Crippen molar-refractivity contribution in [3.63, 3.8) is 0 Å². The normalized spacial score (nSPS) is 14.4. The van der Waals surface area contributed by atoms with E-state index in [2.05, 4.69) is 22.3 Å². The Morgan fingerprint density at radius 2 is 1.63 bits per heavy atom. The fourth-order valence-corrected chi connectivity index (χ4v) is 3.66. The van der Waals surface area contributed by atoms with E-state index >= 15 is 0 Å². The fourth-order valence-electron chi connectivity index (χ4n) is 3.66. The van der Waals surface area contributed by atoms with Crippen LogP contribution in [0.1, 0.15) is 0 Å². The van der Waals surface area contributed by atoms with Crippen molar-refractivity contribution < 1.29 is 9.90 Å². The third kappa shape index (κ3) is 4.06. The molecule has 1 aliphatic rings. The van der Waals surface area contributed by atoms with E-state index in [9.17, 15) is 15.2 Å². The second-order valence-electron chi connectivity index (χ2n) is 7.15. The minimum absolute atomic E-state index is 0.0558. The number of hydrogen-bond acceptors (Lipinski definition) is 5. The van der Waals surface area contributed by atoms with Crippen LogP contribution in [0.5, 0.6) is 5.75 Å². The lowest BCUT2D eigenvalue weighted by Crippen LogP contribution is -2.44. The number of benzene rings is 3. The number of fused-ring (bicyclic) bond motifs is 1. The Hall–Kier alpha value is -3.98. The van der Waals surface area contributed by atoms with Crippen LogP contribution < -0.4 is 10.2 Å². The molecule has 3 aromatic carbocycles. The number of anilines is 2. The molecule has 0 atom stereocenters. The predicted octanol–water partition coefficient (Wildman–Crippen LogP) is 3.71. The van der Waals surface area contributed by atoms with Crippen LogP contribution in [0, 0.1) is 11.3 Å². The van der Waals surface area contributed by atoms with Gasteiger partial charge in [0.2, 0.25) is 0 Å². The lowest BCUT2D eigenvalue weighted by Gasteiger charge is -2.35. The van der Waals surface area contributed by atoms with Gasteiger partial charge in [-0.2, -0.15) is 5.26 Å². The van der Waals surface area contributed by atoms with Gasteiger partial charge in [0.05, 0.1) is 0 Å². The van der Waals surface area contributed by atoms with Crippen molar-refractivity contribution in [2.24, 2.45) is 0 Å². The summed E-state index contributed by atoms with van der Waals surface area (Å²) in [6, 6.07) is 22.7. The maximum Gasteiger partial charge on any atom is 0.267 e. The molecule has 1 amide bonds. The summed E-state index contributed by atoms with van der Waals surface area (Å²) in [4.78, 5) is 17.0. The largest absolute Gasteiger partial charge is 0.507 e. The average molecular weight is 398 g/mol. The van der Waals surface area contributed by atoms with Gasteiger partial charge in [-0.15, -0.1) is 0 Å². The molecule has 4 rings (SSSR count). The molecule has 6 heteroatoms. The van der Waals surface area contributed by atoms with Crippen molar-refractivity contribution in [3.05, 3.63) is 78.5 Å². The van der Waals surface area contributed by atoms with Gasteiger partial charge < -0.3 is 20.2 Å². The number of hydrogen-bond donors (Lipinski definition) is 2. The van der Waals surface area contributed by atoms with Crippen LogP contribution in [0.4, 0.5) is 11.4 Å². The Labute approximate surface area is 175 Å². The molecule has 0 unspecified atom stereocenters. The van der Waals surface area contributed by atoms with Crippen molar-refractivity contribution in [1.29, 1.82) is 5.26 Å². The molecule has 0 bridgehead atoms. The smallest absolute Gasteiger partial charge is 0.267 e. The van der Waals surface area contributed by atoms with Crippen LogP contribution in [-0.4, -0.2) is 42.1 Å². The SMILES string of the molecule is N#C/C(=C/N1CCN(c2ccccc2)CC1)C(=O)Nc1cccc2c(O)cccc12. The Morgan fingerprint density at radius 1 is 0.933 bits per heavy atom. The lowest BCUT2D eigenvalue weighted by atomic mass is 10.1. The predicted molar refractivity (Wildman–Crippen MR) is 118 cm³/mol. The van der Waals surface area contributed by atoms with Crippen LogP contribution in [0.2, 0.25) is 0 Å². The standard InChI is InChI=1S/C24H22N4O2/c25-16-18(17-27-12-14-28(15-13-27)19-6-2-1-3-7-19)24(30)26-22-10-4-9-21-20(22)8-5-11-23(21)29/h1-11,17,29H,12-15H2,(H,26,30)/b18-17-. The highest BCUT2D eigenvalue weighted by Crippen LogP contribution is 2.30. The molecule has 1 heterocycles. The van der Waals surface area contributed by atoms with Gasteiger partial charge in [0.25, 0.3) is 5.91 Å². The molecule has 3 aromatic rings. The molecule has 0 spiro atoms. The van der Waals surface area contributed by atoms with Gasteiger partial charge in [-0.05, 0) is 24.3 Å². The molecule has 1 saturated heterocycles. The molecular weight excluding hydrogens is 376 g/mol. The Morgan fingerprint density at radius 3 is 2.37 bits per heavy atom. The summed E-state index contributed by atoms with van der Waals surface area (Å²) in [5, 5.41) is 23.7. The highest BCUT2D eigenvalue weighted by atomic mass is 16.3. The van der Waals surface area contributed by atoms with Gasteiger partial charge in [0.15, 0.2) is 0 Å². The zero-order valence-electron chi connectivity index (χ0n) is 16.5. The van der Waals surface area contributed by atoms with E-state index in [0.29, 0.717) is 11.1 Å². The number of piperazine rings is 1. The Bertz CT molecular complexity index is 1130. The summed E-state index contributed by atoms with van der Waals surface area (Å²) in [5.41, 5.74) is 1.79. The summed E-state index contributed by atoms with van der Waals surface area (Å²) in [6.07, 6.45) is 1.64. The minimum atomic E-state index is -0.459. The Balaban J connectivity index is 1.46. The molecule has 0 radical (unpaired) electrons. The van der Waals surface area contributed by atoms with Crippen molar-refractivity contribution in [2.75, 3.05) is 36.4 Å². The van der Waals surface area contributed by atoms with Crippen molar-refractivity contribution in [1.82, 2.24) is 4.90 Å². The van der Waals surface area contributed by atoms with Crippen LogP contribution in [-0.2, 0) is 4.79 Å². The van der Waals surface area contributed by atoms with Gasteiger partial charge in [0.1, 0.15) is 17.4 Å². The third-order valence-corrected chi connectivity index (χ3v) is 5.26. The van der Waals surface area contributed by atoms with Gasteiger partial charge >= 0.3 is 0 Å². The lowest BCUT2D eigenvalue weighted by molar-refractivity contribution is -0.112. The topological polar surface area (TPSA) is 79.6 Å². The van der Waals surface area contributed by atoms with Crippen molar-refractivity contribution in [3.8, 4) is 11.8 Å². The zero-order chi connectivity index (χ0) is 20.9. The highest BCUT2D eigenvalue weighted by Gasteiger charge is 2.18. The number of aromatic hydroxyl groups is 1. The first-order chi connectivity index (χ1) is 14.7. The maximum absolute atomic E-state index is 12.7. The van der Waals surface area contributed by atoms with E-state index in [0.717, 1.165) is 31.6 Å². The maximum atomic E-state index is 12.7. The monoisotopic (exact) mass is 398 g/mol. The fraction of sp³-hybridized carbons (Fsp3) is 0.167.